The molecule has 1 aliphatic heterocycles. The molecular formula is C18H18N4O5S. The molecule has 0 spiro atoms. The summed E-state index contributed by atoms with van der Waals surface area (Å²) in [6, 6.07) is 7.83. The number of ether oxygens (including phenoxy) is 1. The fourth-order valence-electron chi connectivity index (χ4n) is 2.20. The van der Waals surface area contributed by atoms with E-state index in [1.165, 1.54) is 30.5 Å². The molecule has 3 amide bonds. The van der Waals surface area contributed by atoms with Crippen LogP contribution in [0.2, 0.25) is 0 Å². The third-order valence-corrected chi connectivity index (χ3v) is 4.44. The number of carbonyl (C=O) groups excluding carboxylic acids is 4. The lowest BCUT2D eigenvalue weighted by molar-refractivity contribution is -0.124. The molecule has 1 aromatic rings. The Morgan fingerprint density at radius 2 is 2.04 bits per heavy atom. The first-order valence-electron chi connectivity index (χ1n) is 8.35. The highest BCUT2D eigenvalue weighted by Gasteiger charge is 2.28. The molecule has 1 saturated heterocycles. The Hall–Kier alpha value is -3.32. The van der Waals surface area contributed by atoms with Crippen LogP contribution in [-0.2, 0) is 14.3 Å². The maximum atomic E-state index is 12.2. The Balaban J connectivity index is 1.87. The van der Waals surface area contributed by atoms with Gasteiger partial charge in [0.1, 0.15) is 11.6 Å². The number of nitrogens with zero attached hydrogens (tertiary/aromatic N) is 2. The maximum Gasteiger partial charge on any atom is 0.338 e. The van der Waals surface area contributed by atoms with Crippen LogP contribution in [-0.4, -0.2) is 53.4 Å². The number of nitriles is 1. The second kappa shape index (κ2) is 10.1. The quantitative estimate of drug-likeness (QED) is 0.290. The molecule has 1 aliphatic rings. The number of hydrogen-bond acceptors (Lipinski definition) is 8. The Bertz CT molecular complexity index is 829. The summed E-state index contributed by atoms with van der Waals surface area (Å²) in [4.78, 5) is 47.8. The van der Waals surface area contributed by atoms with E-state index in [0.717, 1.165) is 16.7 Å². The van der Waals surface area contributed by atoms with Gasteiger partial charge in [-0.05, 0) is 31.2 Å². The molecular weight excluding hydrogens is 384 g/mol. The van der Waals surface area contributed by atoms with Gasteiger partial charge in [0.05, 0.1) is 17.9 Å². The SMILES string of the molecule is CCOC(=O)c1ccc(NC(=O)/C(C#N)=C\NCCN2C(=O)CSC2=O)cc1. The van der Waals surface area contributed by atoms with Crippen molar-refractivity contribution in [3.8, 4) is 6.07 Å². The van der Waals surface area contributed by atoms with Gasteiger partial charge < -0.3 is 15.4 Å². The van der Waals surface area contributed by atoms with Gasteiger partial charge in [-0.25, -0.2) is 4.79 Å². The van der Waals surface area contributed by atoms with Crippen molar-refractivity contribution in [3.63, 3.8) is 0 Å². The number of esters is 1. The lowest BCUT2D eigenvalue weighted by atomic mass is 10.2. The third-order valence-electron chi connectivity index (χ3n) is 3.59. The highest BCUT2D eigenvalue weighted by Crippen LogP contribution is 2.17. The van der Waals surface area contributed by atoms with E-state index in [1.807, 2.05) is 0 Å². The molecule has 146 valence electrons. The molecule has 1 heterocycles. The fraction of sp³-hybridized carbons (Fsp3) is 0.278. The van der Waals surface area contributed by atoms with Gasteiger partial charge in [-0.2, -0.15) is 5.26 Å². The first kappa shape index (κ1) is 21.0. The lowest BCUT2D eigenvalue weighted by Crippen LogP contribution is -2.34. The van der Waals surface area contributed by atoms with Gasteiger partial charge in [0.15, 0.2) is 0 Å². The zero-order valence-corrected chi connectivity index (χ0v) is 15.9. The molecule has 0 saturated carbocycles. The first-order chi connectivity index (χ1) is 13.5. The van der Waals surface area contributed by atoms with Crippen LogP contribution >= 0.6 is 11.8 Å². The predicted octanol–water partition coefficient (Wildman–Crippen LogP) is 1.49. The van der Waals surface area contributed by atoms with Crippen LogP contribution in [0.1, 0.15) is 17.3 Å². The average molecular weight is 402 g/mol. The molecule has 2 rings (SSSR count). The van der Waals surface area contributed by atoms with E-state index in [4.69, 9.17) is 10.00 Å². The summed E-state index contributed by atoms with van der Waals surface area (Å²) in [6.45, 7) is 2.33. The fourth-order valence-corrected chi connectivity index (χ4v) is 2.95. The van der Waals surface area contributed by atoms with Crippen molar-refractivity contribution >= 4 is 40.5 Å². The molecule has 10 heteroatoms. The second-order valence-electron chi connectivity index (χ2n) is 5.48. The predicted molar refractivity (Wildman–Crippen MR) is 102 cm³/mol. The van der Waals surface area contributed by atoms with Crippen molar-refractivity contribution in [1.29, 1.82) is 5.26 Å². The second-order valence-corrected chi connectivity index (χ2v) is 6.40. The minimum absolute atomic E-state index is 0.134. The molecule has 2 N–H and O–H groups in total. The molecule has 0 radical (unpaired) electrons. The maximum absolute atomic E-state index is 12.2. The topological polar surface area (TPSA) is 129 Å². The van der Waals surface area contributed by atoms with Crippen molar-refractivity contribution in [3.05, 3.63) is 41.6 Å². The summed E-state index contributed by atoms with van der Waals surface area (Å²) in [5, 5.41) is 14.1. The number of benzene rings is 1. The Morgan fingerprint density at radius 1 is 1.32 bits per heavy atom. The number of nitrogens with one attached hydrogen (secondary N) is 2. The highest BCUT2D eigenvalue weighted by molar-refractivity contribution is 8.14. The minimum Gasteiger partial charge on any atom is -0.462 e. The van der Waals surface area contributed by atoms with E-state index in [2.05, 4.69) is 10.6 Å². The van der Waals surface area contributed by atoms with Crippen LogP contribution in [0.4, 0.5) is 10.5 Å². The lowest BCUT2D eigenvalue weighted by Gasteiger charge is -2.12. The summed E-state index contributed by atoms with van der Waals surface area (Å²) in [5.41, 5.74) is 0.578. The smallest absolute Gasteiger partial charge is 0.338 e. The van der Waals surface area contributed by atoms with Crippen molar-refractivity contribution in [2.24, 2.45) is 0 Å². The Morgan fingerprint density at radius 3 is 2.61 bits per heavy atom. The Kier molecular flexibility index (Phi) is 7.59. The summed E-state index contributed by atoms with van der Waals surface area (Å²) in [5.74, 6) is -1.22. The van der Waals surface area contributed by atoms with Gasteiger partial charge in [-0.1, -0.05) is 11.8 Å². The van der Waals surface area contributed by atoms with Crippen molar-refractivity contribution in [2.45, 2.75) is 6.92 Å². The van der Waals surface area contributed by atoms with Gasteiger partial charge in [-0.15, -0.1) is 0 Å². The van der Waals surface area contributed by atoms with E-state index in [1.54, 1.807) is 13.0 Å². The molecule has 0 bridgehead atoms. The zero-order chi connectivity index (χ0) is 20.5. The van der Waals surface area contributed by atoms with Crippen LogP contribution in [0.15, 0.2) is 36.0 Å². The van der Waals surface area contributed by atoms with Gasteiger partial charge >= 0.3 is 5.97 Å². The molecule has 1 fully saturated rings. The van der Waals surface area contributed by atoms with E-state index in [9.17, 15) is 19.2 Å². The van der Waals surface area contributed by atoms with Gasteiger partial charge in [-0.3, -0.25) is 19.3 Å². The number of anilines is 1. The van der Waals surface area contributed by atoms with E-state index >= 15 is 0 Å². The van der Waals surface area contributed by atoms with Crippen LogP contribution in [0.5, 0.6) is 0 Å². The minimum atomic E-state index is -0.636. The number of amides is 3. The average Bonchev–Trinajstić information content (AvgIpc) is 3.00. The number of rotatable bonds is 8. The molecule has 0 aromatic heterocycles. The van der Waals surface area contributed by atoms with Crippen LogP contribution in [0.3, 0.4) is 0 Å². The van der Waals surface area contributed by atoms with Gasteiger partial charge in [0, 0.05) is 25.0 Å². The van der Waals surface area contributed by atoms with Gasteiger partial charge in [0.25, 0.3) is 11.1 Å². The molecule has 1 aromatic carbocycles. The summed E-state index contributed by atoms with van der Waals surface area (Å²) >= 11 is 0.943. The normalized spacial score (nSPS) is 13.9. The number of thioether (sulfide) groups is 1. The highest BCUT2D eigenvalue weighted by atomic mass is 32.2. The monoisotopic (exact) mass is 402 g/mol. The summed E-state index contributed by atoms with van der Waals surface area (Å²) in [6.07, 6.45) is 1.22. The molecule has 0 aliphatic carbocycles. The molecule has 0 unspecified atom stereocenters. The van der Waals surface area contributed by atoms with Crippen molar-refractivity contribution < 1.29 is 23.9 Å². The number of carbonyl (C=O) groups is 4. The zero-order valence-electron chi connectivity index (χ0n) is 15.1. The molecule has 0 atom stereocenters. The van der Waals surface area contributed by atoms with Crippen molar-refractivity contribution in [2.75, 3.05) is 30.8 Å². The molecule has 9 nitrogen and oxygen atoms in total. The van der Waals surface area contributed by atoms with Crippen LogP contribution < -0.4 is 10.6 Å². The van der Waals surface area contributed by atoms with Gasteiger partial charge in [0.2, 0.25) is 5.91 Å². The third kappa shape index (κ3) is 5.59. The van der Waals surface area contributed by atoms with Crippen LogP contribution in [0, 0.1) is 11.3 Å². The molecule has 28 heavy (non-hydrogen) atoms. The number of imide groups is 1. The van der Waals surface area contributed by atoms with E-state index < -0.39 is 11.9 Å². The van der Waals surface area contributed by atoms with Crippen molar-refractivity contribution in [1.82, 2.24) is 10.2 Å². The standard InChI is InChI=1S/C18H18N4O5S/c1-2-27-17(25)12-3-5-14(6-4-12)21-16(24)13(9-19)10-20-7-8-22-15(23)11-28-18(22)26/h3-6,10,20H,2,7-8,11H2,1H3,(H,21,24)/b13-10-. The van der Waals surface area contributed by atoms with Crippen LogP contribution in [0.25, 0.3) is 0 Å². The summed E-state index contributed by atoms with van der Waals surface area (Å²) < 4.78 is 4.88. The summed E-state index contributed by atoms with van der Waals surface area (Å²) in [7, 11) is 0. The number of hydrogen-bond donors (Lipinski definition) is 2. The van der Waals surface area contributed by atoms with E-state index in [0.29, 0.717) is 11.3 Å². The first-order valence-corrected chi connectivity index (χ1v) is 9.34. The van der Waals surface area contributed by atoms with E-state index in [-0.39, 0.29) is 42.2 Å². The largest absolute Gasteiger partial charge is 0.462 e. The Labute approximate surface area is 165 Å².